The van der Waals surface area contributed by atoms with E-state index in [-0.39, 0.29) is 28.8 Å². The standard InChI is InChI=1S/C18H23N3O5S2/c1-21(2)28(24,25)13-8-9-15(26-3)14(12-13)20-17(22)7-4-10-19-18(23)16-6-5-11-27-16/h5-6,8-9,11-12H,4,7,10H2,1-3H3,(H,19,23)(H,20,22). The molecule has 2 amide bonds. The average molecular weight is 426 g/mol. The van der Waals surface area contributed by atoms with Gasteiger partial charge in [0.25, 0.3) is 5.91 Å². The lowest BCUT2D eigenvalue weighted by molar-refractivity contribution is -0.116. The normalized spacial score (nSPS) is 11.3. The number of hydrogen-bond acceptors (Lipinski definition) is 6. The Hall–Kier alpha value is -2.43. The Morgan fingerprint density at radius 2 is 1.96 bits per heavy atom. The molecule has 0 saturated heterocycles. The Morgan fingerprint density at radius 3 is 2.57 bits per heavy atom. The van der Waals surface area contributed by atoms with E-state index in [0.29, 0.717) is 23.6 Å². The third-order valence-electron chi connectivity index (χ3n) is 3.83. The van der Waals surface area contributed by atoms with Crippen molar-refractivity contribution in [3.63, 3.8) is 0 Å². The van der Waals surface area contributed by atoms with Gasteiger partial charge in [-0.3, -0.25) is 9.59 Å². The number of ether oxygens (including phenoxy) is 1. The zero-order chi connectivity index (χ0) is 20.7. The summed E-state index contributed by atoms with van der Waals surface area (Å²) in [5, 5.41) is 7.24. The number of benzene rings is 1. The van der Waals surface area contributed by atoms with Gasteiger partial charge in [0.05, 0.1) is 22.6 Å². The Kier molecular flexibility index (Phi) is 7.55. The van der Waals surface area contributed by atoms with Gasteiger partial charge in [-0.1, -0.05) is 6.07 Å². The second-order valence-corrected chi connectivity index (χ2v) is 9.13. The third-order valence-corrected chi connectivity index (χ3v) is 6.51. The van der Waals surface area contributed by atoms with Gasteiger partial charge in [0, 0.05) is 27.1 Å². The molecule has 0 bridgehead atoms. The maximum Gasteiger partial charge on any atom is 0.261 e. The molecule has 0 fully saturated rings. The van der Waals surface area contributed by atoms with E-state index in [9.17, 15) is 18.0 Å². The summed E-state index contributed by atoms with van der Waals surface area (Å²) < 4.78 is 30.8. The van der Waals surface area contributed by atoms with Crippen LogP contribution in [0.25, 0.3) is 0 Å². The molecule has 2 rings (SSSR count). The van der Waals surface area contributed by atoms with Crippen LogP contribution in [0.15, 0.2) is 40.6 Å². The number of carbonyl (C=O) groups is 2. The first-order valence-corrected chi connectivity index (χ1v) is 10.8. The molecule has 0 spiro atoms. The number of sulfonamides is 1. The van der Waals surface area contributed by atoms with Crippen LogP contribution in [0.2, 0.25) is 0 Å². The number of anilines is 1. The van der Waals surface area contributed by atoms with E-state index in [2.05, 4.69) is 10.6 Å². The van der Waals surface area contributed by atoms with E-state index in [1.54, 1.807) is 12.1 Å². The predicted molar refractivity (Wildman–Crippen MR) is 108 cm³/mol. The minimum absolute atomic E-state index is 0.0526. The van der Waals surface area contributed by atoms with Crippen molar-refractivity contribution in [3.8, 4) is 5.75 Å². The van der Waals surface area contributed by atoms with Crippen molar-refractivity contribution in [1.29, 1.82) is 0 Å². The van der Waals surface area contributed by atoms with Gasteiger partial charge in [0.15, 0.2) is 0 Å². The van der Waals surface area contributed by atoms with Crippen LogP contribution in [0.5, 0.6) is 5.75 Å². The van der Waals surface area contributed by atoms with Crippen LogP contribution in [0.4, 0.5) is 5.69 Å². The van der Waals surface area contributed by atoms with Crippen LogP contribution < -0.4 is 15.4 Å². The molecule has 152 valence electrons. The first kappa shape index (κ1) is 21.9. The van der Waals surface area contributed by atoms with Crippen molar-refractivity contribution in [3.05, 3.63) is 40.6 Å². The smallest absolute Gasteiger partial charge is 0.261 e. The van der Waals surface area contributed by atoms with E-state index in [0.717, 1.165) is 4.31 Å². The molecule has 0 aliphatic heterocycles. The molecule has 0 saturated carbocycles. The summed E-state index contributed by atoms with van der Waals surface area (Å²) >= 11 is 1.35. The van der Waals surface area contributed by atoms with Crippen LogP contribution in [-0.4, -0.2) is 52.3 Å². The number of nitrogens with zero attached hydrogens (tertiary/aromatic N) is 1. The molecule has 10 heteroatoms. The molecule has 28 heavy (non-hydrogen) atoms. The fraction of sp³-hybridized carbons (Fsp3) is 0.333. The number of amides is 2. The van der Waals surface area contributed by atoms with Crippen molar-refractivity contribution in [2.75, 3.05) is 33.1 Å². The molecule has 1 aromatic carbocycles. The van der Waals surface area contributed by atoms with Crippen molar-refractivity contribution in [2.45, 2.75) is 17.7 Å². The fourth-order valence-electron chi connectivity index (χ4n) is 2.31. The first-order valence-electron chi connectivity index (χ1n) is 8.48. The first-order chi connectivity index (χ1) is 13.3. The van der Waals surface area contributed by atoms with Crippen LogP contribution in [0.1, 0.15) is 22.5 Å². The Morgan fingerprint density at radius 1 is 1.21 bits per heavy atom. The van der Waals surface area contributed by atoms with Crippen LogP contribution >= 0.6 is 11.3 Å². The zero-order valence-corrected chi connectivity index (χ0v) is 17.5. The largest absolute Gasteiger partial charge is 0.495 e. The summed E-state index contributed by atoms with van der Waals surface area (Å²) in [6.45, 7) is 0.357. The SMILES string of the molecule is COc1ccc(S(=O)(=O)N(C)C)cc1NC(=O)CCCNC(=O)c1cccs1. The summed E-state index contributed by atoms with van der Waals surface area (Å²) in [4.78, 5) is 24.7. The number of methoxy groups -OCH3 is 1. The molecule has 0 atom stereocenters. The van der Waals surface area contributed by atoms with Crippen molar-refractivity contribution >= 4 is 38.9 Å². The molecule has 0 aliphatic carbocycles. The Labute approximate surface area is 168 Å². The van der Waals surface area contributed by atoms with Gasteiger partial charge in [-0.05, 0) is 36.1 Å². The van der Waals surface area contributed by atoms with Gasteiger partial charge in [-0.25, -0.2) is 12.7 Å². The topological polar surface area (TPSA) is 105 Å². The molecule has 8 nitrogen and oxygen atoms in total. The number of carbonyl (C=O) groups excluding carboxylic acids is 2. The quantitative estimate of drug-likeness (QED) is 0.599. The number of hydrogen-bond donors (Lipinski definition) is 2. The molecule has 0 unspecified atom stereocenters. The van der Waals surface area contributed by atoms with Crippen molar-refractivity contribution in [1.82, 2.24) is 9.62 Å². The molecule has 2 N–H and O–H groups in total. The maximum atomic E-state index is 12.3. The van der Waals surface area contributed by atoms with E-state index in [1.165, 1.54) is 50.7 Å². The van der Waals surface area contributed by atoms with Crippen LogP contribution in [0.3, 0.4) is 0 Å². The fourth-order valence-corrected chi connectivity index (χ4v) is 3.88. The lowest BCUT2D eigenvalue weighted by atomic mass is 10.2. The van der Waals surface area contributed by atoms with E-state index < -0.39 is 10.0 Å². The van der Waals surface area contributed by atoms with E-state index in [4.69, 9.17) is 4.74 Å². The molecule has 2 aromatic rings. The van der Waals surface area contributed by atoms with Gasteiger partial charge < -0.3 is 15.4 Å². The summed E-state index contributed by atoms with van der Waals surface area (Å²) in [6.07, 6.45) is 0.611. The number of rotatable bonds is 9. The Balaban J connectivity index is 1.94. The second kappa shape index (κ2) is 9.67. The molecule has 1 aromatic heterocycles. The number of nitrogens with one attached hydrogen (secondary N) is 2. The lowest BCUT2D eigenvalue weighted by Gasteiger charge is -2.15. The van der Waals surface area contributed by atoms with Gasteiger partial charge in [0.2, 0.25) is 15.9 Å². The third kappa shape index (κ3) is 5.54. The highest BCUT2D eigenvalue weighted by atomic mass is 32.2. The summed E-state index contributed by atoms with van der Waals surface area (Å²) in [6, 6.07) is 7.81. The zero-order valence-electron chi connectivity index (χ0n) is 15.9. The average Bonchev–Trinajstić information content (AvgIpc) is 3.19. The van der Waals surface area contributed by atoms with Crippen LogP contribution in [-0.2, 0) is 14.8 Å². The van der Waals surface area contributed by atoms with E-state index >= 15 is 0 Å². The molecular formula is C18H23N3O5S2. The van der Waals surface area contributed by atoms with E-state index in [1.807, 2.05) is 5.38 Å². The minimum atomic E-state index is -3.63. The van der Waals surface area contributed by atoms with Gasteiger partial charge in [-0.2, -0.15) is 0 Å². The highest BCUT2D eigenvalue weighted by Gasteiger charge is 2.19. The maximum absolute atomic E-state index is 12.3. The molecule has 0 aliphatic rings. The predicted octanol–water partition coefficient (Wildman–Crippen LogP) is 2.16. The Bertz CT molecular complexity index is 925. The van der Waals surface area contributed by atoms with Crippen molar-refractivity contribution < 1.29 is 22.7 Å². The van der Waals surface area contributed by atoms with Crippen molar-refractivity contribution in [2.24, 2.45) is 0 Å². The van der Waals surface area contributed by atoms with Gasteiger partial charge in [0.1, 0.15) is 5.75 Å². The molecule has 1 heterocycles. The second-order valence-electron chi connectivity index (χ2n) is 6.03. The summed E-state index contributed by atoms with van der Waals surface area (Å²) in [5.74, 6) is -0.112. The lowest BCUT2D eigenvalue weighted by Crippen LogP contribution is -2.25. The van der Waals surface area contributed by atoms with Crippen LogP contribution in [0, 0.1) is 0 Å². The summed E-state index contributed by atoms with van der Waals surface area (Å²) in [7, 11) is 0.669. The van der Waals surface area contributed by atoms with Gasteiger partial charge >= 0.3 is 0 Å². The highest BCUT2D eigenvalue weighted by Crippen LogP contribution is 2.28. The highest BCUT2D eigenvalue weighted by molar-refractivity contribution is 7.89. The molecular weight excluding hydrogens is 402 g/mol. The summed E-state index contributed by atoms with van der Waals surface area (Å²) in [5.41, 5.74) is 0.276. The van der Waals surface area contributed by atoms with Gasteiger partial charge in [-0.15, -0.1) is 11.3 Å². The number of thiophene rings is 1. The minimum Gasteiger partial charge on any atom is -0.495 e. The monoisotopic (exact) mass is 425 g/mol. The molecule has 0 radical (unpaired) electrons.